The van der Waals surface area contributed by atoms with Crippen LogP contribution in [-0.4, -0.2) is 17.3 Å². The number of carbonyl (C=O) groups is 1. The van der Waals surface area contributed by atoms with Gasteiger partial charge in [-0.3, -0.25) is 14.9 Å². The highest BCUT2D eigenvalue weighted by Crippen LogP contribution is 2.48. The van der Waals surface area contributed by atoms with Gasteiger partial charge in [0.2, 0.25) is 6.54 Å². The zero-order valence-corrected chi connectivity index (χ0v) is 13.9. The minimum Gasteiger partial charge on any atom is -0.299 e. The van der Waals surface area contributed by atoms with Crippen LogP contribution in [0.5, 0.6) is 0 Å². The summed E-state index contributed by atoms with van der Waals surface area (Å²) in [5, 5.41) is 11.9. The van der Waals surface area contributed by atoms with Crippen molar-refractivity contribution in [2.45, 2.75) is 30.6 Å². The number of carbonyl (C=O) groups excluding carboxylic acids is 1. The predicted octanol–water partition coefficient (Wildman–Crippen LogP) is 4.39. The maximum atomic E-state index is 12.9. The molecule has 124 valence electrons. The summed E-state index contributed by atoms with van der Waals surface area (Å²) in [5.74, 6) is -0.405. The van der Waals surface area contributed by atoms with E-state index in [2.05, 4.69) is 0 Å². The van der Waals surface area contributed by atoms with Gasteiger partial charge in [0.1, 0.15) is 5.78 Å². The van der Waals surface area contributed by atoms with E-state index in [0.717, 1.165) is 17.5 Å². The van der Waals surface area contributed by atoms with Gasteiger partial charge in [-0.25, -0.2) is 0 Å². The van der Waals surface area contributed by atoms with Crippen LogP contribution < -0.4 is 0 Å². The Balaban J connectivity index is 2.16. The Bertz CT molecular complexity index is 745. The van der Waals surface area contributed by atoms with Crippen molar-refractivity contribution in [3.05, 3.63) is 80.9 Å². The van der Waals surface area contributed by atoms with Gasteiger partial charge in [0.25, 0.3) is 0 Å². The van der Waals surface area contributed by atoms with Crippen LogP contribution in [0.4, 0.5) is 0 Å². The van der Waals surface area contributed by atoms with Crippen molar-refractivity contribution < 1.29 is 9.72 Å². The smallest absolute Gasteiger partial charge is 0.211 e. The Morgan fingerprint density at radius 2 is 1.79 bits per heavy atom. The monoisotopic (exact) mass is 343 g/mol. The molecule has 1 saturated carbocycles. The van der Waals surface area contributed by atoms with Crippen LogP contribution in [-0.2, 0) is 10.2 Å². The number of ketones is 1. The summed E-state index contributed by atoms with van der Waals surface area (Å²) in [4.78, 5) is 23.9. The van der Waals surface area contributed by atoms with E-state index >= 15 is 0 Å². The van der Waals surface area contributed by atoms with Gasteiger partial charge in [0.05, 0.1) is 11.3 Å². The van der Waals surface area contributed by atoms with Crippen molar-refractivity contribution in [1.82, 2.24) is 0 Å². The van der Waals surface area contributed by atoms with E-state index in [1.807, 2.05) is 30.3 Å². The normalized spacial score (nSPS) is 21.6. The fraction of sp³-hybridized carbons (Fsp3) is 0.316. The van der Waals surface area contributed by atoms with Gasteiger partial charge < -0.3 is 0 Å². The fourth-order valence-electron chi connectivity index (χ4n) is 3.89. The van der Waals surface area contributed by atoms with Gasteiger partial charge >= 0.3 is 0 Å². The number of hydrogen-bond donors (Lipinski definition) is 0. The molecule has 1 fully saturated rings. The van der Waals surface area contributed by atoms with Crippen molar-refractivity contribution in [1.29, 1.82) is 0 Å². The highest BCUT2D eigenvalue weighted by Gasteiger charge is 2.51. The molecule has 1 aliphatic rings. The molecule has 3 rings (SSSR count). The summed E-state index contributed by atoms with van der Waals surface area (Å²) in [7, 11) is 0. The van der Waals surface area contributed by atoms with E-state index in [4.69, 9.17) is 11.6 Å². The van der Waals surface area contributed by atoms with Crippen LogP contribution in [0.25, 0.3) is 0 Å². The number of halogens is 1. The molecule has 0 aliphatic heterocycles. The first kappa shape index (κ1) is 16.7. The minimum atomic E-state index is -0.831. The number of rotatable bonds is 5. The molecule has 5 heteroatoms. The maximum absolute atomic E-state index is 12.9. The Morgan fingerprint density at radius 1 is 1.12 bits per heavy atom. The van der Waals surface area contributed by atoms with E-state index in [9.17, 15) is 14.9 Å². The topological polar surface area (TPSA) is 60.2 Å². The average Bonchev–Trinajstić information content (AvgIpc) is 2.96. The molecule has 0 saturated heterocycles. The second-order valence-corrected chi connectivity index (χ2v) is 6.67. The molecule has 0 heterocycles. The SMILES string of the molecule is O=C1CCC[C@@]1(c1ccccc1)[C@@H](C[N+](=O)[O-])c1ccc(Cl)cc1. The van der Waals surface area contributed by atoms with Crippen LogP contribution in [0.2, 0.25) is 5.02 Å². The van der Waals surface area contributed by atoms with E-state index in [1.54, 1.807) is 24.3 Å². The summed E-state index contributed by atoms with van der Waals surface area (Å²) in [6, 6.07) is 16.5. The lowest BCUT2D eigenvalue weighted by molar-refractivity contribution is -0.485. The second-order valence-electron chi connectivity index (χ2n) is 6.23. The second kappa shape index (κ2) is 6.73. The lowest BCUT2D eigenvalue weighted by Crippen LogP contribution is -2.41. The number of Topliss-reactive ketones (excluding diaryl/α,β-unsaturated/α-hetero) is 1. The van der Waals surface area contributed by atoms with Crippen molar-refractivity contribution in [3.8, 4) is 0 Å². The molecule has 2 aromatic carbocycles. The number of benzene rings is 2. The third-order valence-electron chi connectivity index (χ3n) is 4.96. The van der Waals surface area contributed by atoms with Gasteiger partial charge in [-0.05, 0) is 36.1 Å². The van der Waals surface area contributed by atoms with Crippen LogP contribution in [0.1, 0.15) is 36.3 Å². The van der Waals surface area contributed by atoms with E-state index in [1.165, 1.54) is 0 Å². The first-order valence-corrected chi connectivity index (χ1v) is 8.38. The van der Waals surface area contributed by atoms with Crippen LogP contribution in [0.3, 0.4) is 0 Å². The Kier molecular flexibility index (Phi) is 4.67. The molecule has 0 radical (unpaired) electrons. The average molecular weight is 344 g/mol. The highest BCUT2D eigenvalue weighted by atomic mass is 35.5. The lowest BCUT2D eigenvalue weighted by Gasteiger charge is -2.35. The lowest BCUT2D eigenvalue weighted by atomic mass is 9.65. The van der Waals surface area contributed by atoms with E-state index < -0.39 is 11.3 Å². The Hall–Kier alpha value is -2.20. The summed E-state index contributed by atoms with van der Waals surface area (Å²) in [6.45, 7) is -0.276. The molecular weight excluding hydrogens is 326 g/mol. The van der Waals surface area contributed by atoms with E-state index in [-0.39, 0.29) is 17.3 Å². The summed E-state index contributed by atoms with van der Waals surface area (Å²) >= 11 is 5.96. The maximum Gasteiger partial charge on any atom is 0.211 e. The van der Waals surface area contributed by atoms with Crippen LogP contribution >= 0.6 is 11.6 Å². The molecule has 0 bridgehead atoms. The molecular formula is C19H18ClNO3. The molecule has 0 amide bonds. The van der Waals surface area contributed by atoms with Gasteiger partial charge in [0.15, 0.2) is 0 Å². The first-order chi connectivity index (χ1) is 11.5. The molecule has 0 spiro atoms. The third-order valence-corrected chi connectivity index (χ3v) is 5.21. The Labute approximate surface area is 145 Å². The van der Waals surface area contributed by atoms with Crippen molar-refractivity contribution in [2.75, 3.05) is 6.54 Å². The predicted molar refractivity (Wildman–Crippen MR) is 93.0 cm³/mol. The first-order valence-electron chi connectivity index (χ1n) is 8.00. The van der Waals surface area contributed by atoms with Crippen molar-refractivity contribution >= 4 is 17.4 Å². The Morgan fingerprint density at radius 3 is 2.33 bits per heavy atom. The zero-order chi connectivity index (χ0) is 17.2. The number of nitro groups is 1. The zero-order valence-electron chi connectivity index (χ0n) is 13.2. The van der Waals surface area contributed by atoms with Gasteiger partial charge in [-0.15, -0.1) is 0 Å². The van der Waals surface area contributed by atoms with Crippen LogP contribution in [0.15, 0.2) is 54.6 Å². The van der Waals surface area contributed by atoms with E-state index in [0.29, 0.717) is 17.9 Å². The molecule has 0 aromatic heterocycles. The number of nitrogens with zero attached hydrogens (tertiary/aromatic N) is 1. The molecule has 2 aromatic rings. The number of hydrogen-bond acceptors (Lipinski definition) is 3. The molecule has 0 unspecified atom stereocenters. The third kappa shape index (κ3) is 2.94. The van der Waals surface area contributed by atoms with Gasteiger partial charge in [-0.1, -0.05) is 54.1 Å². The summed E-state index contributed by atoms with van der Waals surface area (Å²) < 4.78 is 0. The summed E-state index contributed by atoms with van der Waals surface area (Å²) in [6.07, 6.45) is 1.86. The molecule has 4 nitrogen and oxygen atoms in total. The molecule has 0 N–H and O–H groups in total. The standard InChI is InChI=1S/C19H18ClNO3/c20-16-10-8-14(9-11-16)17(13-21(23)24)19(12-4-7-18(19)22)15-5-2-1-3-6-15/h1-3,5-6,8-11,17H,4,7,12-13H2/t17-,19+/m0/s1. The quantitative estimate of drug-likeness (QED) is 0.597. The van der Waals surface area contributed by atoms with Crippen molar-refractivity contribution in [2.24, 2.45) is 0 Å². The largest absolute Gasteiger partial charge is 0.299 e. The molecule has 24 heavy (non-hydrogen) atoms. The van der Waals surface area contributed by atoms with Crippen LogP contribution in [0, 0.1) is 10.1 Å². The molecule has 2 atom stereocenters. The fourth-order valence-corrected chi connectivity index (χ4v) is 4.02. The minimum absolute atomic E-state index is 0.0931. The van der Waals surface area contributed by atoms with Crippen molar-refractivity contribution in [3.63, 3.8) is 0 Å². The van der Waals surface area contributed by atoms with Gasteiger partial charge in [0, 0.05) is 16.4 Å². The molecule has 1 aliphatic carbocycles. The highest BCUT2D eigenvalue weighted by molar-refractivity contribution is 6.30. The summed E-state index contributed by atoms with van der Waals surface area (Å²) in [5.41, 5.74) is 0.826. The van der Waals surface area contributed by atoms with Gasteiger partial charge in [-0.2, -0.15) is 0 Å².